The Bertz CT molecular complexity index is 464. The van der Waals surface area contributed by atoms with E-state index in [1.807, 2.05) is 0 Å². The lowest BCUT2D eigenvalue weighted by molar-refractivity contribution is -0.142. The van der Waals surface area contributed by atoms with Crippen LogP contribution >= 0.6 is 0 Å². The number of carbonyl (C=O) groups excluding carboxylic acids is 2. The monoisotopic (exact) mass is 317 g/mol. The highest BCUT2D eigenvalue weighted by molar-refractivity contribution is 7.89. The molecule has 0 radical (unpaired) electrons. The molecule has 0 saturated heterocycles. The molecule has 0 bridgehead atoms. The minimum atomic E-state index is -1.55. The van der Waals surface area contributed by atoms with Gasteiger partial charge in [-0.1, -0.05) is 13.2 Å². The number of methoxy groups -OCH3 is 1. The van der Waals surface area contributed by atoms with Crippen LogP contribution in [0.1, 0.15) is 27.7 Å². The van der Waals surface area contributed by atoms with E-state index in [-0.39, 0.29) is 5.75 Å². The number of alkyl carbamates (subject to hydrolysis) is 1. The van der Waals surface area contributed by atoms with Crippen molar-refractivity contribution in [1.29, 1.82) is 0 Å². The normalized spacial score (nSPS) is 13.8. The second-order valence-electron chi connectivity index (χ2n) is 5.44. The molecule has 2 atom stereocenters. The molecule has 0 rings (SSSR count). The van der Waals surface area contributed by atoms with E-state index in [1.165, 1.54) is 7.11 Å². The SMILES string of the molecule is C=C(C)C(=C)S(=O)C[C@H](NC(=O)OC(C)(C)C)C(=O)OC. The zero-order valence-electron chi connectivity index (χ0n) is 13.1. The average molecular weight is 317 g/mol. The number of hydrogen-bond acceptors (Lipinski definition) is 5. The molecule has 0 aliphatic carbocycles. The van der Waals surface area contributed by atoms with Crippen molar-refractivity contribution in [3.63, 3.8) is 0 Å². The summed E-state index contributed by atoms with van der Waals surface area (Å²) in [6, 6.07) is -1.08. The molecule has 0 spiro atoms. The van der Waals surface area contributed by atoms with Crippen molar-refractivity contribution in [2.45, 2.75) is 39.3 Å². The molecule has 120 valence electrons. The summed E-state index contributed by atoms with van der Waals surface area (Å²) in [5.74, 6) is -0.860. The molecule has 0 aliphatic rings. The Morgan fingerprint density at radius 1 is 1.29 bits per heavy atom. The predicted molar refractivity (Wildman–Crippen MR) is 82.1 cm³/mol. The van der Waals surface area contributed by atoms with Crippen LogP contribution < -0.4 is 5.32 Å². The Balaban J connectivity index is 4.87. The van der Waals surface area contributed by atoms with E-state index in [4.69, 9.17) is 4.74 Å². The Kier molecular flexibility index (Phi) is 7.35. The molecule has 1 unspecified atom stereocenters. The predicted octanol–water partition coefficient (Wildman–Crippen LogP) is 1.89. The highest BCUT2D eigenvalue weighted by atomic mass is 32.2. The van der Waals surface area contributed by atoms with Gasteiger partial charge in [-0.2, -0.15) is 0 Å². The van der Waals surface area contributed by atoms with E-state index in [2.05, 4.69) is 23.2 Å². The van der Waals surface area contributed by atoms with Crippen LogP contribution in [-0.4, -0.2) is 40.8 Å². The summed E-state index contributed by atoms with van der Waals surface area (Å²) >= 11 is 0. The average Bonchev–Trinajstić information content (AvgIpc) is 2.33. The third kappa shape index (κ3) is 7.65. The molecule has 0 aromatic rings. The molecule has 0 aliphatic heterocycles. The molecule has 6 nitrogen and oxygen atoms in total. The van der Waals surface area contributed by atoms with E-state index < -0.39 is 34.5 Å². The first-order valence-electron chi connectivity index (χ1n) is 6.28. The first kappa shape index (κ1) is 19.4. The zero-order chi connectivity index (χ0) is 16.8. The molecule has 0 aromatic carbocycles. The minimum absolute atomic E-state index is 0.155. The first-order valence-corrected chi connectivity index (χ1v) is 7.60. The Morgan fingerprint density at radius 3 is 2.19 bits per heavy atom. The minimum Gasteiger partial charge on any atom is -0.467 e. The lowest BCUT2D eigenvalue weighted by Crippen LogP contribution is -2.47. The van der Waals surface area contributed by atoms with Crippen molar-refractivity contribution in [3.05, 3.63) is 23.6 Å². The summed E-state index contributed by atoms with van der Waals surface area (Å²) in [6.45, 7) is 14.0. The largest absolute Gasteiger partial charge is 0.467 e. The van der Waals surface area contributed by atoms with E-state index in [0.717, 1.165) is 0 Å². The van der Waals surface area contributed by atoms with Gasteiger partial charge in [-0.05, 0) is 33.3 Å². The molecule has 7 heteroatoms. The van der Waals surface area contributed by atoms with Crippen molar-refractivity contribution < 1.29 is 23.3 Å². The van der Waals surface area contributed by atoms with Crippen LogP contribution in [0.15, 0.2) is 23.6 Å². The third-order valence-corrected chi connectivity index (χ3v) is 3.78. The van der Waals surface area contributed by atoms with Crippen LogP contribution in [0.4, 0.5) is 4.79 Å². The Morgan fingerprint density at radius 2 is 1.81 bits per heavy atom. The van der Waals surface area contributed by atoms with Gasteiger partial charge in [0.05, 0.1) is 23.7 Å². The van der Waals surface area contributed by atoms with Gasteiger partial charge in [0, 0.05) is 4.91 Å². The molecule has 21 heavy (non-hydrogen) atoms. The number of allylic oxidation sites excluding steroid dienone is 1. The summed E-state index contributed by atoms with van der Waals surface area (Å²) in [4.78, 5) is 23.7. The smallest absolute Gasteiger partial charge is 0.408 e. The standard InChI is InChI=1S/C14H23NO5S/c1-9(2)10(3)21(18)8-11(12(16)19-7)15-13(17)20-14(4,5)6/h11H,1,3,8H2,2,4-7H3,(H,15,17)/t11-,21?/m0/s1. The lowest BCUT2D eigenvalue weighted by Gasteiger charge is -2.22. The van der Waals surface area contributed by atoms with Crippen LogP contribution in [-0.2, 0) is 25.1 Å². The highest BCUT2D eigenvalue weighted by Gasteiger charge is 2.27. The van der Waals surface area contributed by atoms with E-state index in [0.29, 0.717) is 10.5 Å². The molecule has 0 fully saturated rings. The first-order chi connectivity index (χ1) is 9.47. The maximum Gasteiger partial charge on any atom is 0.408 e. The van der Waals surface area contributed by atoms with E-state index in [9.17, 15) is 13.8 Å². The maximum atomic E-state index is 12.0. The van der Waals surface area contributed by atoms with Crippen molar-refractivity contribution in [3.8, 4) is 0 Å². The van der Waals surface area contributed by atoms with E-state index >= 15 is 0 Å². The molecule has 0 heterocycles. The second kappa shape index (κ2) is 7.97. The number of esters is 1. The molecular formula is C14H23NO5S. The summed E-state index contributed by atoms with van der Waals surface area (Å²) in [6.07, 6.45) is -0.782. The highest BCUT2D eigenvalue weighted by Crippen LogP contribution is 2.12. The van der Waals surface area contributed by atoms with Crippen LogP contribution in [0.3, 0.4) is 0 Å². The quantitative estimate of drug-likeness (QED) is 0.597. The van der Waals surface area contributed by atoms with E-state index in [1.54, 1.807) is 27.7 Å². The number of ether oxygens (including phenoxy) is 2. The van der Waals surface area contributed by atoms with Gasteiger partial charge in [0.1, 0.15) is 11.6 Å². The van der Waals surface area contributed by atoms with Crippen molar-refractivity contribution in [2.24, 2.45) is 0 Å². The fourth-order valence-corrected chi connectivity index (χ4v) is 2.32. The van der Waals surface area contributed by atoms with Crippen LogP contribution in [0.25, 0.3) is 0 Å². The summed E-state index contributed by atoms with van der Waals surface area (Å²) in [5.41, 5.74) is -0.153. The number of carbonyl (C=O) groups is 2. The van der Waals surface area contributed by atoms with Gasteiger partial charge in [-0.3, -0.25) is 4.21 Å². The van der Waals surface area contributed by atoms with Crippen LogP contribution in [0.2, 0.25) is 0 Å². The number of hydrogen-bond donors (Lipinski definition) is 1. The molecule has 1 amide bonds. The summed E-state index contributed by atoms with van der Waals surface area (Å²) in [5, 5.41) is 2.35. The van der Waals surface area contributed by atoms with Crippen molar-refractivity contribution >= 4 is 22.9 Å². The van der Waals surface area contributed by atoms with Gasteiger partial charge in [-0.15, -0.1) is 0 Å². The Hall–Kier alpha value is -1.63. The van der Waals surface area contributed by atoms with Crippen LogP contribution in [0.5, 0.6) is 0 Å². The molecular weight excluding hydrogens is 294 g/mol. The van der Waals surface area contributed by atoms with Crippen LogP contribution in [0, 0.1) is 0 Å². The van der Waals surface area contributed by atoms with Gasteiger partial charge in [-0.25, -0.2) is 9.59 Å². The molecule has 0 aromatic heterocycles. The second-order valence-corrected chi connectivity index (χ2v) is 6.95. The van der Waals surface area contributed by atoms with Crippen molar-refractivity contribution in [1.82, 2.24) is 5.32 Å². The number of rotatable bonds is 6. The zero-order valence-corrected chi connectivity index (χ0v) is 14.0. The molecule has 0 saturated carbocycles. The summed E-state index contributed by atoms with van der Waals surface area (Å²) in [7, 11) is -0.369. The van der Waals surface area contributed by atoms with Gasteiger partial charge >= 0.3 is 12.1 Å². The fraction of sp³-hybridized carbons (Fsp3) is 0.571. The van der Waals surface area contributed by atoms with Crippen molar-refractivity contribution in [2.75, 3.05) is 12.9 Å². The Labute approximate surface area is 128 Å². The lowest BCUT2D eigenvalue weighted by atomic mass is 10.2. The topological polar surface area (TPSA) is 81.7 Å². The summed E-state index contributed by atoms with van der Waals surface area (Å²) < 4.78 is 21.7. The van der Waals surface area contributed by atoms with Gasteiger partial charge in [0.15, 0.2) is 0 Å². The van der Waals surface area contributed by atoms with Gasteiger partial charge in [0.25, 0.3) is 0 Å². The number of nitrogens with one attached hydrogen (secondary N) is 1. The van der Waals surface area contributed by atoms with Gasteiger partial charge in [0.2, 0.25) is 0 Å². The maximum absolute atomic E-state index is 12.0. The van der Waals surface area contributed by atoms with Gasteiger partial charge < -0.3 is 14.8 Å². The molecule has 1 N–H and O–H groups in total. The number of amides is 1. The third-order valence-electron chi connectivity index (χ3n) is 2.25. The fourth-order valence-electron chi connectivity index (χ4n) is 1.21.